The molecule has 0 aliphatic rings. The number of hydrogen-bond acceptors (Lipinski definition) is 3. The Labute approximate surface area is 132 Å². The molecule has 0 radical (unpaired) electrons. The Morgan fingerprint density at radius 3 is 2.14 bits per heavy atom. The SMILES string of the molecule is CCc1ccc(Sc2ccc(C(=O)O)cc2)cc1CC(=O)O. The Bertz CT molecular complexity index is 692. The molecule has 0 unspecified atom stereocenters. The van der Waals surface area contributed by atoms with Gasteiger partial charge in [0.2, 0.25) is 0 Å². The maximum absolute atomic E-state index is 10.9. The van der Waals surface area contributed by atoms with Gasteiger partial charge in [-0.25, -0.2) is 4.79 Å². The summed E-state index contributed by atoms with van der Waals surface area (Å²) in [5.74, 6) is -1.80. The number of hydrogen-bond donors (Lipinski definition) is 2. The van der Waals surface area contributed by atoms with Crippen LogP contribution in [0.4, 0.5) is 0 Å². The molecular weight excluding hydrogens is 300 g/mol. The molecule has 2 aromatic carbocycles. The van der Waals surface area contributed by atoms with Gasteiger partial charge in [0.05, 0.1) is 12.0 Å². The normalized spacial score (nSPS) is 10.4. The lowest BCUT2D eigenvalue weighted by molar-refractivity contribution is -0.136. The van der Waals surface area contributed by atoms with Crippen LogP contribution in [0.3, 0.4) is 0 Å². The molecule has 0 spiro atoms. The molecule has 0 amide bonds. The molecular formula is C17H16O4S. The third kappa shape index (κ3) is 4.11. The van der Waals surface area contributed by atoms with E-state index in [4.69, 9.17) is 10.2 Å². The number of aromatic carboxylic acids is 1. The highest BCUT2D eigenvalue weighted by molar-refractivity contribution is 7.99. The highest BCUT2D eigenvalue weighted by Gasteiger charge is 2.08. The van der Waals surface area contributed by atoms with E-state index in [-0.39, 0.29) is 12.0 Å². The number of carboxylic acids is 2. The van der Waals surface area contributed by atoms with Crippen molar-refractivity contribution in [2.24, 2.45) is 0 Å². The topological polar surface area (TPSA) is 74.6 Å². The molecule has 114 valence electrons. The standard InChI is InChI=1S/C17H16O4S/c1-2-11-3-8-15(9-13(11)10-16(18)19)22-14-6-4-12(5-7-14)17(20)21/h3-9H,2,10H2,1H3,(H,18,19)(H,20,21). The first kappa shape index (κ1) is 16.1. The number of carbonyl (C=O) groups is 2. The lowest BCUT2D eigenvalue weighted by atomic mass is 10.0. The van der Waals surface area contributed by atoms with Crippen molar-refractivity contribution in [2.45, 2.75) is 29.6 Å². The smallest absolute Gasteiger partial charge is 0.335 e. The largest absolute Gasteiger partial charge is 0.481 e. The molecule has 0 atom stereocenters. The van der Waals surface area contributed by atoms with Gasteiger partial charge in [0.1, 0.15) is 0 Å². The molecule has 0 bridgehead atoms. The lowest BCUT2D eigenvalue weighted by Crippen LogP contribution is -2.03. The third-order valence-corrected chi connectivity index (χ3v) is 4.23. The molecule has 0 fully saturated rings. The summed E-state index contributed by atoms with van der Waals surface area (Å²) in [6.45, 7) is 2.00. The third-order valence-electron chi connectivity index (χ3n) is 3.24. The molecule has 2 N–H and O–H groups in total. The van der Waals surface area contributed by atoms with Gasteiger partial charge in [-0.2, -0.15) is 0 Å². The number of benzene rings is 2. The Hall–Kier alpha value is -2.27. The predicted octanol–water partition coefficient (Wildman–Crippen LogP) is 3.73. The van der Waals surface area contributed by atoms with Gasteiger partial charge in [-0.1, -0.05) is 24.8 Å². The fraction of sp³-hybridized carbons (Fsp3) is 0.176. The van der Waals surface area contributed by atoms with Crippen LogP contribution < -0.4 is 0 Å². The molecule has 0 aliphatic heterocycles. The average molecular weight is 316 g/mol. The molecule has 2 rings (SSSR count). The van der Waals surface area contributed by atoms with Crippen molar-refractivity contribution in [3.05, 3.63) is 59.2 Å². The highest BCUT2D eigenvalue weighted by Crippen LogP contribution is 2.29. The molecule has 5 heteroatoms. The summed E-state index contributed by atoms with van der Waals surface area (Å²) in [4.78, 5) is 23.6. The second-order valence-corrected chi connectivity index (χ2v) is 5.93. The molecule has 0 aliphatic carbocycles. The van der Waals surface area contributed by atoms with Crippen molar-refractivity contribution in [3.8, 4) is 0 Å². The van der Waals surface area contributed by atoms with Gasteiger partial charge in [-0.15, -0.1) is 0 Å². The van der Waals surface area contributed by atoms with Crippen LogP contribution in [0.25, 0.3) is 0 Å². The van der Waals surface area contributed by atoms with Crippen LogP contribution in [0.5, 0.6) is 0 Å². The first-order chi connectivity index (χ1) is 10.5. The zero-order chi connectivity index (χ0) is 16.1. The zero-order valence-corrected chi connectivity index (χ0v) is 12.9. The van der Waals surface area contributed by atoms with Gasteiger partial charge >= 0.3 is 11.9 Å². The Balaban J connectivity index is 2.21. The first-order valence-electron chi connectivity index (χ1n) is 6.84. The van der Waals surface area contributed by atoms with Gasteiger partial charge in [-0.05, 0) is 53.9 Å². The van der Waals surface area contributed by atoms with Gasteiger partial charge in [0.25, 0.3) is 0 Å². The molecule has 4 nitrogen and oxygen atoms in total. The molecule has 0 heterocycles. The second-order valence-electron chi connectivity index (χ2n) is 4.79. The number of rotatable bonds is 6. The summed E-state index contributed by atoms with van der Waals surface area (Å²) in [5, 5.41) is 17.9. The molecule has 2 aromatic rings. The van der Waals surface area contributed by atoms with E-state index < -0.39 is 11.9 Å². The minimum Gasteiger partial charge on any atom is -0.481 e. The maximum atomic E-state index is 10.9. The lowest BCUT2D eigenvalue weighted by Gasteiger charge is -2.09. The molecule has 0 aromatic heterocycles. The fourth-order valence-corrected chi connectivity index (χ4v) is 3.02. The van der Waals surface area contributed by atoms with E-state index in [1.807, 2.05) is 25.1 Å². The van der Waals surface area contributed by atoms with E-state index >= 15 is 0 Å². The summed E-state index contributed by atoms with van der Waals surface area (Å²) in [5.41, 5.74) is 2.10. The summed E-state index contributed by atoms with van der Waals surface area (Å²) in [6, 6.07) is 12.4. The van der Waals surface area contributed by atoms with Crippen molar-refractivity contribution < 1.29 is 19.8 Å². The van der Waals surface area contributed by atoms with Crippen molar-refractivity contribution in [2.75, 3.05) is 0 Å². The van der Waals surface area contributed by atoms with Crippen LogP contribution in [-0.4, -0.2) is 22.2 Å². The van der Waals surface area contributed by atoms with Crippen LogP contribution in [0.2, 0.25) is 0 Å². The predicted molar refractivity (Wildman–Crippen MR) is 84.7 cm³/mol. The van der Waals surface area contributed by atoms with E-state index in [1.54, 1.807) is 24.3 Å². The Morgan fingerprint density at radius 2 is 1.59 bits per heavy atom. The Kier molecular flexibility index (Phi) is 5.22. The van der Waals surface area contributed by atoms with E-state index in [0.717, 1.165) is 27.3 Å². The summed E-state index contributed by atoms with van der Waals surface area (Å²) >= 11 is 1.48. The summed E-state index contributed by atoms with van der Waals surface area (Å²) in [7, 11) is 0. The molecule has 22 heavy (non-hydrogen) atoms. The summed E-state index contributed by atoms with van der Waals surface area (Å²) in [6.07, 6.45) is 0.802. The highest BCUT2D eigenvalue weighted by atomic mass is 32.2. The van der Waals surface area contributed by atoms with Crippen molar-refractivity contribution in [1.82, 2.24) is 0 Å². The first-order valence-corrected chi connectivity index (χ1v) is 7.66. The number of aryl methyl sites for hydroxylation is 1. The van der Waals surface area contributed by atoms with Crippen LogP contribution in [0, 0.1) is 0 Å². The van der Waals surface area contributed by atoms with Gasteiger partial charge in [0, 0.05) is 9.79 Å². The van der Waals surface area contributed by atoms with Crippen LogP contribution in [0.15, 0.2) is 52.3 Å². The maximum Gasteiger partial charge on any atom is 0.335 e. The van der Waals surface area contributed by atoms with Gasteiger partial charge in [-0.3, -0.25) is 4.79 Å². The minimum absolute atomic E-state index is 0.00945. The minimum atomic E-state index is -0.951. The number of carboxylic acid groups (broad SMARTS) is 2. The molecule has 0 saturated carbocycles. The molecule has 0 saturated heterocycles. The summed E-state index contributed by atoms with van der Waals surface area (Å²) < 4.78 is 0. The van der Waals surface area contributed by atoms with E-state index in [2.05, 4.69) is 0 Å². The van der Waals surface area contributed by atoms with Crippen LogP contribution in [0.1, 0.15) is 28.4 Å². The van der Waals surface area contributed by atoms with Gasteiger partial charge in [0.15, 0.2) is 0 Å². The van der Waals surface area contributed by atoms with E-state index in [1.165, 1.54) is 11.8 Å². The fourth-order valence-electron chi connectivity index (χ4n) is 2.14. The quantitative estimate of drug-likeness (QED) is 0.849. The van der Waals surface area contributed by atoms with Crippen LogP contribution >= 0.6 is 11.8 Å². The number of aliphatic carboxylic acids is 1. The van der Waals surface area contributed by atoms with E-state index in [9.17, 15) is 9.59 Å². The van der Waals surface area contributed by atoms with Crippen molar-refractivity contribution in [1.29, 1.82) is 0 Å². The average Bonchev–Trinajstić information content (AvgIpc) is 2.47. The zero-order valence-electron chi connectivity index (χ0n) is 12.1. The van der Waals surface area contributed by atoms with Crippen LogP contribution in [-0.2, 0) is 17.6 Å². The monoisotopic (exact) mass is 316 g/mol. The van der Waals surface area contributed by atoms with Gasteiger partial charge < -0.3 is 10.2 Å². The van der Waals surface area contributed by atoms with Crippen molar-refractivity contribution >= 4 is 23.7 Å². The van der Waals surface area contributed by atoms with Crippen molar-refractivity contribution in [3.63, 3.8) is 0 Å². The second kappa shape index (κ2) is 7.13. The van der Waals surface area contributed by atoms with E-state index in [0.29, 0.717) is 0 Å². The Morgan fingerprint density at radius 1 is 0.955 bits per heavy atom.